The molecule has 0 unspecified atom stereocenters. The first-order valence-corrected chi connectivity index (χ1v) is 29.3. The van der Waals surface area contributed by atoms with E-state index >= 15 is 0 Å². The first-order valence-electron chi connectivity index (χ1n) is 29.3. The summed E-state index contributed by atoms with van der Waals surface area (Å²) in [5.74, 6) is -7.61. The Hall–Kier alpha value is -9.45. The van der Waals surface area contributed by atoms with E-state index in [0.29, 0.717) is 88.7 Å². The minimum Gasteiger partial charge on any atom is -0.480 e. The summed E-state index contributed by atoms with van der Waals surface area (Å²) in [5, 5.41) is 50.6. The van der Waals surface area contributed by atoms with E-state index < -0.39 is 140 Å². The van der Waals surface area contributed by atoms with Gasteiger partial charge in [0, 0.05) is 12.8 Å². The highest BCUT2D eigenvalue weighted by molar-refractivity contribution is 5.99. The van der Waals surface area contributed by atoms with Gasteiger partial charge in [0.1, 0.15) is 42.9 Å². The summed E-state index contributed by atoms with van der Waals surface area (Å²) < 4.78 is 13.7. The first-order chi connectivity index (χ1) is 43.2. The molecular weight excluding hydrogens is 1180 g/mol. The molecule has 90 heavy (non-hydrogen) atoms. The number of aryl methyl sites for hydroxylation is 1. The van der Waals surface area contributed by atoms with Gasteiger partial charge in [-0.1, -0.05) is 65.9 Å². The van der Waals surface area contributed by atoms with Gasteiger partial charge in [0.15, 0.2) is 5.69 Å². The van der Waals surface area contributed by atoms with Crippen molar-refractivity contribution in [3.8, 4) is 12.3 Å². The lowest BCUT2D eigenvalue weighted by atomic mass is 10.1. The van der Waals surface area contributed by atoms with E-state index in [1.54, 1.807) is 60.7 Å². The Labute approximate surface area is 520 Å². The molecule has 0 fully saturated rings. The van der Waals surface area contributed by atoms with Crippen molar-refractivity contribution in [3.63, 3.8) is 0 Å². The van der Waals surface area contributed by atoms with Crippen molar-refractivity contribution in [2.75, 3.05) is 59.0 Å². The molecule has 0 spiro atoms. The monoisotopic (exact) mass is 1260 g/mol. The number of nitrogens with one attached hydrogen (secondary N) is 10. The van der Waals surface area contributed by atoms with Crippen molar-refractivity contribution in [2.45, 2.75) is 133 Å². The normalized spacial score (nSPS) is 12.6. The number of carbonyl (C=O) groups excluding carboxylic acids is 10. The predicted molar refractivity (Wildman–Crippen MR) is 325 cm³/mol. The molecule has 0 saturated carbocycles. The Balaban J connectivity index is 0.000000619. The molecule has 20 N–H and O–H groups in total. The Morgan fingerprint density at radius 2 is 0.811 bits per heavy atom. The minimum atomic E-state index is -1.22. The van der Waals surface area contributed by atoms with Crippen LogP contribution in [0, 0.1) is 12.3 Å². The topological polar surface area (TPSA) is 500 Å². The van der Waals surface area contributed by atoms with Gasteiger partial charge in [-0.15, -0.1) is 11.5 Å². The zero-order valence-electron chi connectivity index (χ0n) is 50.2. The molecule has 6 atom stereocenters. The maximum atomic E-state index is 13.1. The fourth-order valence-corrected chi connectivity index (χ4v) is 8.32. The molecule has 2 aromatic carbocycles. The second-order valence-electron chi connectivity index (χ2n) is 20.3. The highest BCUT2D eigenvalue weighted by atomic mass is 18.2. The number of nitrogens with two attached hydrogens (primary N) is 4. The summed E-state index contributed by atoms with van der Waals surface area (Å²) in [4.78, 5) is 149. The molecule has 494 valence electrons. The summed E-state index contributed by atoms with van der Waals surface area (Å²) in [6, 6.07) is 11.0. The van der Waals surface area contributed by atoms with Crippen molar-refractivity contribution in [3.05, 3.63) is 83.7 Å². The molecule has 1 heterocycles. The van der Waals surface area contributed by atoms with Crippen molar-refractivity contribution in [1.82, 2.24) is 68.2 Å². The van der Waals surface area contributed by atoms with E-state index in [0.717, 1.165) is 4.68 Å². The number of carboxylic acids is 2. The van der Waals surface area contributed by atoms with Gasteiger partial charge in [-0.05, 0) is 120 Å². The third kappa shape index (κ3) is 32.5. The van der Waals surface area contributed by atoms with Crippen LogP contribution in [0.5, 0.6) is 0 Å². The molecule has 0 aliphatic heterocycles. The molecule has 32 heteroatoms. The van der Waals surface area contributed by atoms with Gasteiger partial charge in [0.2, 0.25) is 47.3 Å². The Morgan fingerprint density at radius 1 is 0.478 bits per heavy atom. The van der Waals surface area contributed by atoms with E-state index in [2.05, 4.69) is 63.5 Å². The number of amides is 10. The predicted octanol–water partition coefficient (Wildman–Crippen LogP) is -3.98. The third-order valence-corrected chi connectivity index (χ3v) is 13.1. The van der Waals surface area contributed by atoms with Crippen LogP contribution in [0.3, 0.4) is 0 Å². The van der Waals surface area contributed by atoms with Gasteiger partial charge in [-0.25, -0.2) is 18.7 Å². The molecule has 0 saturated heterocycles. The first kappa shape index (κ1) is 76.6. The number of aliphatic carboxylic acids is 2. The van der Waals surface area contributed by atoms with E-state index in [1.165, 1.54) is 6.20 Å². The molecule has 3 rings (SSSR count). The number of benzene rings is 2. The zero-order valence-corrected chi connectivity index (χ0v) is 50.2. The smallest absolute Gasteiger partial charge is 0.326 e. The number of nitrogens with zero attached hydrogens (tertiary/aromatic N) is 3. The standard InChI is InChI=1S/C30H45FN10O7.C28H41N7O7/c31-12-15-41-19-24(39-40-41)29(46)38-21(10-4-6-13-32)27(44)34-18-26(43)37-23(16-20-8-2-1-3-9-20)28(45)35-17-25(42)36-22(30(47)48)11-5-7-14-33;1-2-23(36)33-20(12-6-8-14-29)26(39)31-18-25(38)35-22(16-19-10-4-3-5-11-19)27(40)32-17-24(37)34-21(28(41)42)13-7-9-15-30/h1-3,8-9,19,21-23H,4-7,10-18,32-33H2,(H,34,44)(H,35,45)(H,36,42)(H,37,43)(H,38,46)(H,47,48);1,3-5,10-11,20-22H,6-9,12-18,29-30H2,(H,31,39)(H,32,40)(H,33,36)(H,34,37)(H,35,38)(H,41,42)/t21-,22-,23-;20-,21-,22-/m00/s1/i31-1;. The minimum absolute atomic E-state index is 0.0473. The second-order valence-corrected chi connectivity index (χ2v) is 20.3. The van der Waals surface area contributed by atoms with Crippen molar-refractivity contribution >= 4 is 71.0 Å². The molecule has 0 aliphatic rings. The second kappa shape index (κ2) is 44.9. The van der Waals surface area contributed by atoms with Crippen LogP contribution in [0.2, 0.25) is 0 Å². The maximum Gasteiger partial charge on any atom is 0.326 e. The van der Waals surface area contributed by atoms with Crippen LogP contribution in [0.15, 0.2) is 66.9 Å². The van der Waals surface area contributed by atoms with E-state index in [-0.39, 0.29) is 50.8 Å². The zero-order chi connectivity index (χ0) is 66.6. The van der Waals surface area contributed by atoms with Crippen molar-refractivity contribution in [1.29, 1.82) is 0 Å². The van der Waals surface area contributed by atoms with E-state index in [9.17, 15) is 72.1 Å². The molecule has 10 amide bonds. The number of terminal acetylenes is 1. The fourth-order valence-electron chi connectivity index (χ4n) is 8.32. The van der Waals surface area contributed by atoms with Crippen LogP contribution < -0.4 is 76.1 Å². The average molecular weight is 1260 g/mol. The number of rotatable bonds is 43. The van der Waals surface area contributed by atoms with Crippen molar-refractivity contribution in [2.24, 2.45) is 22.9 Å². The van der Waals surface area contributed by atoms with Gasteiger partial charge < -0.3 is 86.3 Å². The lowest BCUT2D eigenvalue weighted by Crippen LogP contribution is -2.54. The Bertz CT molecular complexity index is 2810. The highest BCUT2D eigenvalue weighted by Crippen LogP contribution is 2.09. The molecular formula is C58H86FN17O14. The summed E-state index contributed by atoms with van der Waals surface area (Å²) in [6.45, 7) is -1.35. The highest BCUT2D eigenvalue weighted by Gasteiger charge is 2.29. The van der Waals surface area contributed by atoms with E-state index in [1.807, 2.05) is 5.92 Å². The summed E-state index contributed by atoms with van der Waals surface area (Å²) in [6.07, 6.45) is 11.7. The number of unbranched alkanes of at least 4 members (excludes halogenated alkanes) is 4. The lowest BCUT2D eigenvalue weighted by Gasteiger charge is -2.21. The Morgan fingerprint density at radius 3 is 1.14 bits per heavy atom. The molecule has 3 aromatic rings. The van der Waals surface area contributed by atoms with Gasteiger partial charge in [-0.3, -0.25) is 47.9 Å². The third-order valence-electron chi connectivity index (χ3n) is 13.1. The number of alkyl halides is 1. The van der Waals surface area contributed by atoms with Crippen LogP contribution in [0.25, 0.3) is 0 Å². The average Bonchev–Trinajstić information content (AvgIpc) is 3.46. The number of hydrogen-bond acceptors (Lipinski definition) is 18. The number of hydrogen-bond donors (Lipinski definition) is 16. The van der Waals surface area contributed by atoms with Crippen LogP contribution in [0.4, 0.5) is 4.39 Å². The van der Waals surface area contributed by atoms with E-state index in [4.69, 9.17) is 29.4 Å². The quantitative estimate of drug-likeness (QED) is 0.0190. The number of carbonyl (C=O) groups is 12. The van der Waals surface area contributed by atoms with Crippen LogP contribution in [-0.4, -0.2) is 192 Å². The van der Waals surface area contributed by atoms with Crippen LogP contribution in [0.1, 0.15) is 98.7 Å². The Kier molecular flexibility index (Phi) is 38.2. The molecule has 0 aliphatic carbocycles. The summed E-state index contributed by atoms with van der Waals surface area (Å²) >= 11 is 0. The van der Waals surface area contributed by atoms with Crippen LogP contribution in [-0.2, 0) is 72.1 Å². The van der Waals surface area contributed by atoms with Gasteiger partial charge in [0.05, 0.1) is 38.9 Å². The number of halogens is 1. The molecule has 0 radical (unpaired) electrons. The van der Waals surface area contributed by atoms with Gasteiger partial charge in [0.25, 0.3) is 11.8 Å². The summed E-state index contributed by atoms with van der Waals surface area (Å²) in [5.41, 5.74) is 23.2. The van der Waals surface area contributed by atoms with Gasteiger partial charge >= 0.3 is 11.9 Å². The number of aromatic nitrogens is 3. The SMILES string of the molecule is C#CC(=O)N[C@@H](CCCCN)C(=O)NCC(=O)N[C@@H](Cc1ccccc1)C(=O)NCC(=O)N[C@@H](CCCCN)C(=O)O.NCCCC[C@H](NC(=O)CNC(=O)[C@H](Cc1ccccc1)NC(=O)CNC(=O)[C@H](CCCCN)NC(=O)c1cn(CC[18F])nn1)C(=O)O. The summed E-state index contributed by atoms with van der Waals surface area (Å²) in [7, 11) is 0. The largest absolute Gasteiger partial charge is 0.480 e. The molecule has 31 nitrogen and oxygen atoms in total. The van der Waals surface area contributed by atoms with Gasteiger partial charge in [-0.2, -0.15) is 0 Å². The molecule has 1 aromatic heterocycles. The van der Waals surface area contributed by atoms with Crippen LogP contribution >= 0.6 is 0 Å². The maximum absolute atomic E-state index is 13.1. The lowest BCUT2D eigenvalue weighted by molar-refractivity contribution is -0.142. The fraction of sp³-hybridized carbons (Fsp3) is 0.517. The number of carboxylic acid groups (broad SMARTS) is 2. The molecule has 0 bridgehead atoms. The van der Waals surface area contributed by atoms with Crippen molar-refractivity contribution < 1.29 is 72.1 Å².